The minimum Gasteiger partial charge on any atom is -0.452 e. The van der Waals surface area contributed by atoms with Crippen molar-refractivity contribution in [3.8, 4) is 0 Å². The number of nitrogens with zero attached hydrogens (tertiary/aromatic N) is 1. The Balaban J connectivity index is 1.35. The molecule has 3 atom stereocenters. The number of hydrogen-bond acceptors (Lipinski definition) is 5. The van der Waals surface area contributed by atoms with E-state index in [2.05, 4.69) is 12.2 Å². The van der Waals surface area contributed by atoms with E-state index in [1.807, 2.05) is 19.1 Å². The van der Waals surface area contributed by atoms with Crippen LogP contribution in [0.5, 0.6) is 0 Å². The number of carbonyl (C=O) groups excluding carboxylic acids is 4. The second kappa shape index (κ2) is 8.94. The zero-order valence-electron chi connectivity index (χ0n) is 18.2. The molecule has 32 heavy (non-hydrogen) atoms. The maximum Gasteiger partial charge on any atom is 0.338 e. The highest BCUT2D eigenvalue weighted by Crippen LogP contribution is 2.42. The Morgan fingerprint density at radius 1 is 0.969 bits per heavy atom. The van der Waals surface area contributed by atoms with E-state index in [0.717, 1.165) is 24.8 Å². The number of rotatable bonds is 5. The molecule has 7 nitrogen and oxygen atoms in total. The summed E-state index contributed by atoms with van der Waals surface area (Å²) >= 11 is 0. The molecule has 2 aromatic rings. The molecule has 1 aliphatic carbocycles. The Labute approximate surface area is 186 Å². The lowest BCUT2D eigenvalue weighted by atomic mass is 9.76. The minimum atomic E-state index is -0.655. The van der Waals surface area contributed by atoms with E-state index in [1.54, 1.807) is 24.3 Å². The molecule has 1 aliphatic heterocycles. The van der Waals surface area contributed by atoms with E-state index in [9.17, 15) is 19.2 Å². The fourth-order valence-electron chi connectivity index (χ4n) is 4.44. The van der Waals surface area contributed by atoms with Crippen LogP contribution in [0.25, 0.3) is 0 Å². The summed E-state index contributed by atoms with van der Waals surface area (Å²) in [4.78, 5) is 51.2. The van der Waals surface area contributed by atoms with Gasteiger partial charge in [-0.25, -0.2) is 4.79 Å². The molecule has 166 valence electrons. The standard InChI is InChI=1S/C25H26N2O5/c1-15-3-8-18(9-4-15)26-22(28)14-32-25(31)17-6-10-19(11-7-17)27-23(29)20-12-5-16(2)13-21(20)24(27)30/h3-4,6-11,16,20-21H,5,12-14H2,1-2H3,(H,26,28)/t16-,20+,21-/m0/s1. The summed E-state index contributed by atoms with van der Waals surface area (Å²) in [7, 11) is 0. The second-order valence-electron chi connectivity index (χ2n) is 8.68. The fraction of sp³-hybridized carbons (Fsp3) is 0.360. The summed E-state index contributed by atoms with van der Waals surface area (Å²) in [5, 5.41) is 2.66. The quantitative estimate of drug-likeness (QED) is 0.572. The van der Waals surface area contributed by atoms with Crippen LogP contribution in [-0.2, 0) is 19.1 Å². The van der Waals surface area contributed by atoms with Crippen LogP contribution in [0, 0.1) is 24.7 Å². The minimum absolute atomic E-state index is 0.157. The number of fused-ring (bicyclic) bond motifs is 1. The molecule has 0 bridgehead atoms. The van der Waals surface area contributed by atoms with E-state index < -0.39 is 18.5 Å². The van der Waals surface area contributed by atoms with E-state index in [-0.39, 0.29) is 29.2 Å². The number of nitrogens with one attached hydrogen (secondary N) is 1. The highest BCUT2D eigenvalue weighted by atomic mass is 16.5. The van der Waals surface area contributed by atoms with Crippen molar-refractivity contribution in [3.05, 3.63) is 59.7 Å². The summed E-state index contributed by atoms with van der Waals surface area (Å²) < 4.78 is 5.08. The van der Waals surface area contributed by atoms with Crippen LogP contribution < -0.4 is 10.2 Å². The summed E-state index contributed by atoms with van der Waals surface area (Å²) in [5.74, 6) is -1.46. The van der Waals surface area contributed by atoms with Gasteiger partial charge >= 0.3 is 5.97 Å². The van der Waals surface area contributed by atoms with Crippen molar-refractivity contribution < 1.29 is 23.9 Å². The van der Waals surface area contributed by atoms with Gasteiger partial charge in [0.05, 0.1) is 23.1 Å². The first-order valence-electron chi connectivity index (χ1n) is 10.8. The second-order valence-corrected chi connectivity index (χ2v) is 8.68. The summed E-state index contributed by atoms with van der Waals surface area (Å²) in [6.45, 7) is 3.64. The van der Waals surface area contributed by atoms with Crippen molar-refractivity contribution in [1.82, 2.24) is 0 Å². The molecular weight excluding hydrogens is 408 g/mol. The highest BCUT2D eigenvalue weighted by molar-refractivity contribution is 6.22. The number of imide groups is 1. The predicted molar refractivity (Wildman–Crippen MR) is 119 cm³/mol. The predicted octanol–water partition coefficient (Wildman–Crippen LogP) is 3.72. The van der Waals surface area contributed by atoms with Gasteiger partial charge in [-0.1, -0.05) is 24.6 Å². The fourth-order valence-corrected chi connectivity index (χ4v) is 4.44. The summed E-state index contributed by atoms with van der Waals surface area (Å²) in [6, 6.07) is 13.4. The SMILES string of the molecule is Cc1ccc(NC(=O)COC(=O)c2ccc(N3C(=O)[C@H]4C[C@@H](C)CC[C@H]4C3=O)cc2)cc1. The van der Waals surface area contributed by atoms with Crippen LogP contribution in [0.3, 0.4) is 0 Å². The van der Waals surface area contributed by atoms with Gasteiger partial charge in [0.2, 0.25) is 11.8 Å². The van der Waals surface area contributed by atoms with Crippen LogP contribution in [-0.4, -0.2) is 30.3 Å². The Hall–Kier alpha value is -3.48. The lowest BCUT2D eigenvalue weighted by Gasteiger charge is -2.25. The first-order valence-corrected chi connectivity index (χ1v) is 10.8. The molecule has 0 aromatic heterocycles. The first kappa shape index (κ1) is 21.7. The maximum absolute atomic E-state index is 12.8. The van der Waals surface area contributed by atoms with Gasteiger partial charge in [0, 0.05) is 5.69 Å². The lowest BCUT2D eigenvalue weighted by molar-refractivity contribution is -0.122. The van der Waals surface area contributed by atoms with Crippen molar-refractivity contribution in [2.45, 2.75) is 33.1 Å². The maximum atomic E-state index is 12.8. The van der Waals surface area contributed by atoms with Gasteiger partial charge in [0.1, 0.15) is 0 Å². The number of carbonyl (C=O) groups is 4. The van der Waals surface area contributed by atoms with Crippen molar-refractivity contribution in [3.63, 3.8) is 0 Å². The molecule has 1 N–H and O–H groups in total. The monoisotopic (exact) mass is 434 g/mol. The molecule has 0 spiro atoms. The molecule has 2 fully saturated rings. The molecule has 1 heterocycles. The topological polar surface area (TPSA) is 92.8 Å². The zero-order chi connectivity index (χ0) is 22.8. The van der Waals surface area contributed by atoms with Crippen molar-refractivity contribution in [2.24, 2.45) is 17.8 Å². The number of esters is 1. The number of aryl methyl sites for hydroxylation is 1. The molecule has 4 rings (SSSR count). The Kier molecular flexibility index (Phi) is 6.08. The summed E-state index contributed by atoms with van der Waals surface area (Å²) in [6.07, 6.45) is 2.43. The van der Waals surface area contributed by atoms with E-state index >= 15 is 0 Å². The van der Waals surface area contributed by atoms with Crippen LogP contribution in [0.1, 0.15) is 42.1 Å². The highest BCUT2D eigenvalue weighted by Gasteiger charge is 2.49. The van der Waals surface area contributed by atoms with Crippen LogP contribution in [0.4, 0.5) is 11.4 Å². The van der Waals surface area contributed by atoms with Crippen LogP contribution >= 0.6 is 0 Å². The van der Waals surface area contributed by atoms with Gasteiger partial charge in [-0.05, 0) is 68.5 Å². The molecule has 0 unspecified atom stereocenters. The van der Waals surface area contributed by atoms with E-state index in [4.69, 9.17) is 4.74 Å². The molecule has 1 saturated carbocycles. The molecule has 7 heteroatoms. The van der Waals surface area contributed by atoms with Gasteiger partial charge < -0.3 is 10.1 Å². The molecule has 1 saturated heterocycles. The van der Waals surface area contributed by atoms with Gasteiger partial charge in [0.25, 0.3) is 5.91 Å². The third-order valence-corrected chi connectivity index (χ3v) is 6.22. The average molecular weight is 434 g/mol. The molecule has 3 amide bonds. The average Bonchev–Trinajstić information content (AvgIpc) is 3.03. The number of amides is 3. The Bertz CT molecular complexity index is 1050. The van der Waals surface area contributed by atoms with Crippen molar-refractivity contribution >= 4 is 35.1 Å². The van der Waals surface area contributed by atoms with Gasteiger partial charge in [-0.3, -0.25) is 19.3 Å². The van der Waals surface area contributed by atoms with Gasteiger partial charge in [0.15, 0.2) is 6.61 Å². The van der Waals surface area contributed by atoms with Crippen LogP contribution in [0.2, 0.25) is 0 Å². The lowest BCUT2D eigenvalue weighted by Crippen LogP contribution is -2.30. The Morgan fingerprint density at radius 3 is 2.31 bits per heavy atom. The molecule has 2 aliphatic rings. The van der Waals surface area contributed by atoms with Crippen LogP contribution in [0.15, 0.2) is 48.5 Å². The van der Waals surface area contributed by atoms with Gasteiger partial charge in [-0.2, -0.15) is 0 Å². The largest absolute Gasteiger partial charge is 0.452 e. The summed E-state index contributed by atoms with van der Waals surface area (Å²) in [5.41, 5.74) is 2.39. The Morgan fingerprint density at radius 2 is 1.62 bits per heavy atom. The smallest absolute Gasteiger partial charge is 0.338 e. The molecular formula is C25H26N2O5. The van der Waals surface area contributed by atoms with Gasteiger partial charge in [-0.15, -0.1) is 0 Å². The van der Waals surface area contributed by atoms with Crippen molar-refractivity contribution in [1.29, 1.82) is 0 Å². The first-order chi connectivity index (χ1) is 15.3. The third-order valence-electron chi connectivity index (χ3n) is 6.22. The number of benzene rings is 2. The zero-order valence-corrected chi connectivity index (χ0v) is 18.2. The third kappa shape index (κ3) is 4.42. The number of anilines is 2. The van der Waals surface area contributed by atoms with Crippen molar-refractivity contribution in [2.75, 3.05) is 16.8 Å². The molecule has 2 aromatic carbocycles. The number of ether oxygens (including phenoxy) is 1. The molecule has 0 radical (unpaired) electrons. The normalized spacial score (nSPS) is 22.4. The van der Waals surface area contributed by atoms with E-state index in [0.29, 0.717) is 17.3 Å². The van der Waals surface area contributed by atoms with E-state index in [1.165, 1.54) is 17.0 Å². The number of hydrogen-bond donors (Lipinski definition) is 1.